The first kappa shape index (κ1) is 18.6. The fourth-order valence-electron chi connectivity index (χ4n) is 2.82. The lowest BCUT2D eigenvalue weighted by molar-refractivity contribution is -0.137. The molecule has 0 bridgehead atoms. The van der Waals surface area contributed by atoms with Crippen LogP contribution in [-0.4, -0.2) is 28.1 Å². The number of Topliss-reactive ketones (excluding diaryl/α,β-unsaturated/α-hetero) is 1. The fourth-order valence-corrected chi connectivity index (χ4v) is 2.82. The number of carboxylic acids is 1. The Labute approximate surface area is 132 Å². The van der Waals surface area contributed by atoms with Gasteiger partial charge >= 0.3 is 5.97 Å². The Balaban J connectivity index is 2.17. The van der Waals surface area contributed by atoms with Gasteiger partial charge in [0.15, 0.2) is 5.78 Å². The summed E-state index contributed by atoms with van der Waals surface area (Å²) < 4.78 is 0. The molecule has 1 rings (SSSR count). The summed E-state index contributed by atoms with van der Waals surface area (Å²) >= 11 is 0. The molecule has 1 atom stereocenters. The van der Waals surface area contributed by atoms with Crippen molar-refractivity contribution in [1.82, 2.24) is 0 Å². The minimum Gasteiger partial charge on any atom is -0.481 e. The van der Waals surface area contributed by atoms with Gasteiger partial charge < -0.3 is 10.2 Å². The summed E-state index contributed by atoms with van der Waals surface area (Å²) in [7, 11) is 0. The largest absolute Gasteiger partial charge is 0.481 e. The maximum Gasteiger partial charge on any atom is 0.303 e. The lowest BCUT2D eigenvalue weighted by Crippen LogP contribution is -2.02. The first-order valence-electron chi connectivity index (χ1n) is 8.37. The first-order chi connectivity index (χ1) is 10.5. The van der Waals surface area contributed by atoms with Gasteiger partial charge in [-0.25, -0.2) is 0 Å². The first-order valence-corrected chi connectivity index (χ1v) is 8.37. The number of rotatable bonds is 11. The Bertz CT molecular complexity index is 434. The number of hydrogen-bond donors (Lipinski definition) is 2. The summed E-state index contributed by atoms with van der Waals surface area (Å²) in [6.45, 7) is 1.99. The van der Waals surface area contributed by atoms with E-state index in [0.717, 1.165) is 62.5 Å². The van der Waals surface area contributed by atoms with Gasteiger partial charge in [-0.2, -0.15) is 0 Å². The lowest BCUT2D eigenvalue weighted by Gasteiger charge is -2.06. The second-order valence-corrected chi connectivity index (χ2v) is 5.91. The van der Waals surface area contributed by atoms with Crippen molar-refractivity contribution in [3.05, 3.63) is 23.3 Å². The van der Waals surface area contributed by atoms with Crippen LogP contribution in [0.25, 0.3) is 0 Å². The maximum absolute atomic E-state index is 11.6. The Morgan fingerprint density at radius 3 is 2.55 bits per heavy atom. The standard InChI is InChI=1S/C18H28O4/c1-2-16-14(11-13-17(16)20)10-12-15(19)8-6-4-3-5-7-9-18(21)22/h10,12,15,19H,2-9,11,13H2,1H3,(H,21,22)/b12-10+/t15-/m1/s1. The minimum absolute atomic E-state index is 0.248. The van der Waals surface area contributed by atoms with Gasteiger partial charge in [-0.05, 0) is 36.8 Å². The molecular weight excluding hydrogens is 280 g/mol. The number of unbranched alkanes of at least 4 members (excludes halogenated alkanes) is 4. The Morgan fingerprint density at radius 2 is 1.86 bits per heavy atom. The highest BCUT2D eigenvalue weighted by atomic mass is 16.4. The van der Waals surface area contributed by atoms with E-state index in [1.807, 2.05) is 13.0 Å². The second kappa shape index (κ2) is 10.3. The van der Waals surface area contributed by atoms with Gasteiger partial charge in [-0.3, -0.25) is 9.59 Å². The van der Waals surface area contributed by atoms with Crippen molar-refractivity contribution in [2.24, 2.45) is 0 Å². The van der Waals surface area contributed by atoms with Crippen molar-refractivity contribution >= 4 is 11.8 Å². The van der Waals surface area contributed by atoms with Crippen LogP contribution >= 0.6 is 0 Å². The topological polar surface area (TPSA) is 74.6 Å². The number of aliphatic hydroxyl groups excluding tert-OH is 1. The third kappa shape index (κ3) is 7.03. The number of carboxylic acid groups (broad SMARTS) is 1. The molecule has 0 fully saturated rings. The van der Waals surface area contributed by atoms with Crippen molar-refractivity contribution < 1.29 is 19.8 Å². The van der Waals surface area contributed by atoms with E-state index in [1.54, 1.807) is 6.08 Å². The fraction of sp³-hybridized carbons (Fsp3) is 0.667. The smallest absolute Gasteiger partial charge is 0.303 e. The molecule has 0 heterocycles. The third-order valence-electron chi connectivity index (χ3n) is 4.11. The summed E-state index contributed by atoms with van der Waals surface area (Å²) in [4.78, 5) is 22.0. The number of allylic oxidation sites excluding steroid dienone is 3. The number of aliphatic carboxylic acids is 1. The molecule has 22 heavy (non-hydrogen) atoms. The van der Waals surface area contributed by atoms with E-state index in [2.05, 4.69) is 0 Å². The zero-order valence-corrected chi connectivity index (χ0v) is 13.5. The molecule has 0 saturated carbocycles. The van der Waals surface area contributed by atoms with Crippen LogP contribution in [0.4, 0.5) is 0 Å². The third-order valence-corrected chi connectivity index (χ3v) is 4.11. The molecule has 0 spiro atoms. The van der Waals surface area contributed by atoms with Crippen LogP contribution in [0.1, 0.15) is 71.1 Å². The zero-order chi connectivity index (χ0) is 16.4. The molecule has 0 aromatic rings. The normalized spacial score (nSPS) is 16.7. The maximum atomic E-state index is 11.6. The zero-order valence-electron chi connectivity index (χ0n) is 13.5. The van der Waals surface area contributed by atoms with Crippen molar-refractivity contribution in [3.8, 4) is 0 Å². The number of hydrogen-bond acceptors (Lipinski definition) is 3. The Kier molecular flexibility index (Phi) is 8.75. The summed E-state index contributed by atoms with van der Waals surface area (Å²) in [6, 6.07) is 0. The van der Waals surface area contributed by atoms with Crippen LogP contribution in [0.15, 0.2) is 23.3 Å². The molecule has 0 radical (unpaired) electrons. The molecule has 2 N–H and O–H groups in total. The molecule has 0 amide bonds. The molecule has 124 valence electrons. The van der Waals surface area contributed by atoms with Gasteiger partial charge in [0.2, 0.25) is 0 Å². The second-order valence-electron chi connectivity index (χ2n) is 5.91. The Hall–Kier alpha value is -1.42. The predicted molar refractivity (Wildman–Crippen MR) is 86.7 cm³/mol. The van der Waals surface area contributed by atoms with Crippen LogP contribution < -0.4 is 0 Å². The SMILES string of the molecule is CCC1=C(/C=C/[C@H](O)CCCCCCCC(=O)O)CCC1=O. The van der Waals surface area contributed by atoms with Crippen LogP contribution in [0, 0.1) is 0 Å². The molecule has 0 aromatic heterocycles. The molecule has 4 nitrogen and oxygen atoms in total. The molecule has 0 aromatic carbocycles. The highest BCUT2D eigenvalue weighted by Crippen LogP contribution is 2.26. The van der Waals surface area contributed by atoms with Crippen molar-refractivity contribution in [2.45, 2.75) is 77.2 Å². The summed E-state index contributed by atoms with van der Waals surface area (Å²) in [6.07, 6.45) is 11.1. The number of carbonyl (C=O) groups excluding carboxylic acids is 1. The molecule has 0 saturated heterocycles. The van der Waals surface area contributed by atoms with Gasteiger partial charge in [-0.15, -0.1) is 0 Å². The molecular formula is C18H28O4. The van der Waals surface area contributed by atoms with Gasteiger partial charge in [0.05, 0.1) is 6.10 Å². The van der Waals surface area contributed by atoms with Crippen LogP contribution in [0.2, 0.25) is 0 Å². The summed E-state index contributed by atoms with van der Waals surface area (Å²) in [5, 5.41) is 18.5. The minimum atomic E-state index is -0.730. The molecule has 0 unspecified atom stereocenters. The molecule has 1 aliphatic rings. The van der Waals surface area contributed by atoms with Gasteiger partial charge in [0.25, 0.3) is 0 Å². The van der Waals surface area contributed by atoms with Crippen LogP contribution in [0.5, 0.6) is 0 Å². The van der Waals surface area contributed by atoms with Crippen molar-refractivity contribution in [3.63, 3.8) is 0 Å². The van der Waals surface area contributed by atoms with E-state index in [-0.39, 0.29) is 12.2 Å². The average Bonchev–Trinajstić information content (AvgIpc) is 2.83. The molecule has 4 heteroatoms. The highest BCUT2D eigenvalue weighted by Gasteiger charge is 2.19. The van der Waals surface area contributed by atoms with Gasteiger partial charge in [-0.1, -0.05) is 44.8 Å². The monoisotopic (exact) mass is 308 g/mol. The van der Waals surface area contributed by atoms with Gasteiger partial charge in [0.1, 0.15) is 0 Å². The van der Waals surface area contributed by atoms with E-state index < -0.39 is 12.1 Å². The van der Waals surface area contributed by atoms with Gasteiger partial charge in [0, 0.05) is 12.8 Å². The van der Waals surface area contributed by atoms with Crippen molar-refractivity contribution in [2.75, 3.05) is 0 Å². The van der Waals surface area contributed by atoms with Crippen LogP contribution in [0.3, 0.4) is 0 Å². The van der Waals surface area contributed by atoms with E-state index >= 15 is 0 Å². The number of carbonyl (C=O) groups is 2. The summed E-state index contributed by atoms with van der Waals surface area (Å²) in [5.74, 6) is -0.482. The van der Waals surface area contributed by atoms with E-state index in [9.17, 15) is 14.7 Å². The summed E-state index contributed by atoms with van der Waals surface area (Å²) in [5.41, 5.74) is 2.00. The Morgan fingerprint density at radius 1 is 1.18 bits per heavy atom. The van der Waals surface area contributed by atoms with Crippen LogP contribution in [-0.2, 0) is 9.59 Å². The van der Waals surface area contributed by atoms with E-state index in [1.165, 1.54) is 0 Å². The quantitative estimate of drug-likeness (QED) is 0.569. The molecule has 1 aliphatic carbocycles. The van der Waals surface area contributed by atoms with E-state index in [0.29, 0.717) is 6.42 Å². The van der Waals surface area contributed by atoms with E-state index in [4.69, 9.17) is 5.11 Å². The molecule has 0 aliphatic heterocycles. The number of aliphatic hydroxyl groups is 1. The number of ketones is 1. The average molecular weight is 308 g/mol. The van der Waals surface area contributed by atoms with Crippen molar-refractivity contribution in [1.29, 1.82) is 0 Å². The highest BCUT2D eigenvalue weighted by molar-refractivity contribution is 5.99. The lowest BCUT2D eigenvalue weighted by atomic mass is 10.0. The predicted octanol–water partition coefficient (Wildman–Crippen LogP) is 3.79.